The summed E-state index contributed by atoms with van der Waals surface area (Å²) in [4.78, 5) is 10.3. The number of non-ortho nitro benzene ring substituents is 1. The third-order valence-electron chi connectivity index (χ3n) is 4.40. The minimum atomic E-state index is -0.409. The molecule has 1 N–H and O–H groups in total. The highest BCUT2D eigenvalue weighted by atomic mass is 16.6. The van der Waals surface area contributed by atoms with E-state index in [0.29, 0.717) is 31.3 Å². The van der Waals surface area contributed by atoms with E-state index < -0.39 is 4.92 Å². The maximum absolute atomic E-state index is 10.7. The van der Waals surface area contributed by atoms with Crippen LogP contribution in [0.5, 0.6) is 11.5 Å². The number of nitro benzene ring substituents is 1. The van der Waals surface area contributed by atoms with E-state index in [4.69, 9.17) is 9.47 Å². The molecular formula is C23H24N2O4. The second-order valence-corrected chi connectivity index (χ2v) is 6.65. The van der Waals surface area contributed by atoms with E-state index in [2.05, 4.69) is 36.5 Å². The summed E-state index contributed by atoms with van der Waals surface area (Å²) in [6.07, 6.45) is 0. The van der Waals surface area contributed by atoms with Crippen molar-refractivity contribution >= 4 is 11.4 Å². The van der Waals surface area contributed by atoms with Crippen molar-refractivity contribution in [1.29, 1.82) is 0 Å². The largest absolute Gasteiger partial charge is 0.490 e. The first-order valence-corrected chi connectivity index (χ1v) is 9.47. The Morgan fingerprint density at radius 2 is 1.59 bits per heavy atom. The van der Waals surface area contributed by atoms with Crippen molar-refractivity contribution in [3.05, 3.63) is 93.5 Å². The van der Waals surface area contributed by atoms with Gasteiger partial charge in [0, 0.05) is 24.4 Å². The van der Waals surface area contributed by atoms with Gasteiger partial charge >= 0.3 is 0 Å². The van der Waals surface area contributed by atoms with Crippen LogP contribution in [0.25, 0.3) is 0 Å². The van der Waals surface area contributed by atoms with Gasteiger partial charge in [-0.1, -0.05) is 35.9 Å². The Labute approximate surface area is 170 Å². The molecule has 0 aliphatic heterocycles. The molecule has 150 valence electrons. The lowest BCUT2D eigenvalue weighted by molar-refractivity contribution is -0.384. The lowest BCUT2D eigenvalue weighted by Gasteiger charge is -2.14. The van der Waals surface area contributed by atoms with E-state index in [0.717, 1.165) is 16.8 Å². The van der Waals surface area contributed by atoms with Gasteiger partial charge in [-0.05, 0) is 49.2 Å². The Balaban J connectivity index is 1.64. The summed E-state index contributed by atoms with van der Waals surface area (Å²) < 4.78 is 11.7. The first-order chi connectivity index (χ1) is 14.0. The smallest absolute Gasteiger partial charge is 0.269 e. The third-order valence-corrected chi connectivity index (χ3v) is 4.40. The van der Waals surface area contributed by atoms with Crippen LogP contribution in [0, 0.1) is 17.0 Å². The number of anilines is 1. The maximum Gasteiger partial charge on any atom is 0.269 e. The zero-order chi connectivity index (χ0) is 20.6. The van der Waals surface area contributed by atoms with Gasteiger partial charge in [-0.3, -0.25) is 10.1 Å². The number of nitrogens with zero attached hydrogens (tertiary/aromatic N) is 1. The lowest BCUT2D eigenvalue weighted by Crippen LogP contribution is -2.03. The molecule has 0 saturated heterocycles. The number of nitrogens with one attached hydrogen (secondary N) is 1. The maximum atomic E-state index is 10.7. The van der Waals surface area contributed by atoms with Crippen molar-refractivity contribution in [3.8, 4) is 11.5 Å². The van der Waals surface area contributed by atoms with Gasteiger partial charge in [0.05, 0.1) is 11.5 Å². The van der Waals surface area contributed by atoms with Gasteiger partial charge in [0.15, 0.2) is 11.5 Å². The molecule has 0 unspecified atom stereocenters. The van der Waals surface area contributed by atoms with E-state index >= 15 is 0 Å². The molecule has 0 radical (unpaired) electrons. The van der Waals surface area contributed by atoms with E-state index in [-0.39, 0.29) is 5.69 Å². The van der Waals surface area contributed by atoms with E-state index in [1.807, 2.05) is 25.1 Å². The lowest BCUT2D eigenvalue weighted by atomic mass is 10.1. The van der Waals surface area contributed by atoms with Crippen molar-refractivity contribution in [2.24, 2.45) is 0 Å². The van der Waals surface area contributed by atoms with Gasteiger partial charge in [0.1, 0.15) is 6.61 Å². The second kappa shape index (κ2) is 9.59. The molecule has 0 aliphatic rings. The van der Waals surface area contributed by atoms with Crippen LogP contribution < -0.4 is 14.8 Å². The highest BCUT2D eigenvalue weighted by Gasteiger charge is 2.08. The van der Waals surface area contributed by atoms with Gasteiger partial charge in [-0.2, -0.15) is 0 Å². The van der Waals surface area contributed by atoms with Gasteiger partial charge in [-0.15, -0.1) is 0 Å². The molecule has 0 aliphatic carbocycles. The summed E-state index contributed by atoms with van der Waals surface area (Å²) >= 11 is 0. The second-order valence-electron chi connectivity index (χ2n) is 6.65. The molecule has 0 aromatic heterocycles. The average molecular weight is 392 g/mol. The minimum Gasteiger partial charge on any atom is -0.490 e. The van der Waals surface area contributed by atoms with E-state index in [1.165, 1.54) is 17.7 Å². The molecule has 0 spiro atoms. The van der Waals surface area contributed by atoms with Gasteiger partial charge in [0.25, 0.3) is 5.69 Å². The van der Waals surface area contributed by atoms with Crippen LogP contribution in [0.2, 0.25) is 0 Å². The molecule has 0 heterocycles. The fourth-order valence-electron chi connectivity index (χ4n) is 2.80. The highest BCUT2D eigenvalue weighted by molar-refractivity contribution is 5.50. The predicted molar refractivity (Wildman–Crippen MR) is 114 cm³/mol. The van der Waals surface area contributed by atoms with Crippen LogP contribution >= 0.6 is 0 Å². The molecule has 0 amide bonds. The number of aryl methyl sites for hydroxylation is 1. The average Bonchev–Trinajstić information content (AvgIpc) is 2.73. The quantitative estimate of drug-likeness (QED) is 0.385. The monoisotopic (exact) mass is 392 g/mol. The zero-order valence-electron chi connectivity index (χ0n) is 16.6. The molecule has 6 heteroatoms. The fraction of sp³-hybridized carbons (Fsp3) is 0.217. The predicted octanol–water partition coefficient (Wildman–Crippen LogP) is 5.49. The van der Waals surface area contributed by atoms with E-state index in [1.54, 1.807) is 12.1 Å². The summed E-state index contributed by atoms with van der Waals surface area (Å²) in [7, 11) is 0. The molecule has 3 aromatic carbocycles. The third kappa shape index (κ3) is 5.72. The zero-order valence-corrected chi connectivity index (χ0v) is 16.6. The number of ether oxygens (including phenoxy) is 2. The summed E-state index contributed by atoms with van der Waals surface area (Å²) in [5, 5.41) is 14.0. The van der Waals surface area contributed by atoms with E-state index in [9.17, 15) is 10.1 Å². The Morgan fingerprint density at radius 1 is 0.897 bits per heavy atom. The molecular weight excluding hydrogens is 368 g/mol. The van der Waals surface area contributed by atoms with Crippen LogP contribution in [-0.2, 0) is 13.2 Å². The molecule has 29 heavy (non-hydrogen) atoms. The molecule has 3 rings (SSSR count). The number of benzene rings is 3. The molecule has 0 saturated carbocycles. The number of hydrogen-bond acceptors (Lipinski definition) is 5. The fourth-order valence-corrected chi connectivity index (χ4v) is 2.80. The van der Waals surface area contributed by atoms with Crippen LogP contribution in [-0.4, -0.2) is 11.5 Å². The number of rotatable bonds is 9. The number of nitro groups is 1. The Bertz CT molecular complexity index is 954. The molecule has 3 aromatic rings. The molecule has 6 nitrogen and oxygen atoms in total. The number of hydrogen-bond donors (Lipinski definition) is 1. The summed E-state index contributed by atoms with van der Waals surface area (Å²) in [6.45, 7) is 5.57. The highest BCUT2D eigenvalue weighted by Crippen LogP contribution is 2.30. The van der Waals surface area contributed by atoms with Gasteiger partial charge < -0.3 is 14.8 Å². The minimum absolute atomic E-state index is 0.0734. The van der Waals surface area contributed by atoms with Crippen LogP contribution in [0.3, 0.4) is 0 Å². The SMILES string of the molecule is CCOc1cc(CNc2ccc([N+](=O)[O-])cc2)ccc1OCc1ccc(C)cc1. The standard InChI is InChI=1S/C23H24N2O4/c1-3-28-23-14-19(15-24-20-9-11-21(12-10-20)25(26)27)8-13-22(23)29-16-18-6-4-17(2)5-7-18/h4-14,24H,3,15-16H2,1-2H3. The first kappa shape index (κ1) is 20.2. The Morgan fingerprint density at radius 3 is 2.24 bits per heavy atom. The first-order valence-electron chi connectivity index (χ1n) is 9.47. The van der Waals surface area contributed by atoms with Crippen LogP contribution in [0.15, 0.2) is 66.7 Å². The van der Waals surface area contributed by atoms with Crippen molar-refractivity contribution in [2.45, 2.75) is 27.0 Å². The Hall–Kier alpha value is -3.54. The molecule has 0 atom stereocenters. The molecule has 0 fully saturated rings. The van der Waals surface area contributed by atoms with Crippen molar-refractivity contribution in [3.63, 3.8) is 0 Å². The van der Waals surface area contributed by atoms with Crippen molar-refractivity contribution in [2.75, 3.05) is 11.9 Å². The normalized spacial score (nSPS) is 10.4. The van der Waals surface area contributed by atoms with Crippen LogP contribution in [0.1, 0.15) is 23.6 Å². The Kier molecular flexibility index (Phi) is 6.68. The van der Waals surface area contributed by atoms with Crippen molar-refractivity contribution < 1.29 is 14.4 Å². The van der Waals surface area contributed by atoms with Crippen LogP contribution in [0.4, 0.5) is 11.4 Å². The van der Waals surface area contributed by atoms with Gasteiger partial charge in [-0.25, -0.2) is 0 Å². The summed E-state index contributed by atoms with van der Waals surface area (Å²) in [5.74, 6) is 1.40. The topological polar surface area (TPSA) is 73.6 Å². The van der Waals surface area contributed by atoms with Gasteiger partial charge in [0.2, 0.25) is 0 Å². The molecule has 0 bridgehead atoms. The summed E-state index contributed by atoms with van der Waals surface area (Å²) in [5.41, 5.74) is 4.22. The van der Waals surface area contributed by atoms with Crippen molar-refractivity contribution in [1.82, 2.24) is 0 Å². The summed E-state index contributed by atoms with van der Waals surface area (Å²) in [6, 6.07) is 20.4.